The molecule has 0 saturated carbocycles. The summed E-state index contributed by atoms with van der Waals surface area (Å²) in [5.74, 6) is 0. The largest absolute Gasteiger partial charge is 0.233 e. The molecule has 0 aliphatic rings. The van der Waals surface area contributed by atoms with Crippen LogP contribution < -0.4 is 0 Å². The lowest BCUT2D eigenvalue weighted by Gasteiger charge is -1.74. The van der Waals surface area contributed by atoms with E-state index < -0.39 is 0 Å². The first kappa shape index (κ1) is 7.31. The van der Waals surface area contributed by atoms with Crippen molar-refractivity contribution in [3.05, 3.63) is 0 Å². The predicted octanol–water partition coefficient (Wildman–Crippen LogP) is 1.31. The van der Waals surface area contributed by atoms with E-state index in [2.05, 4.69) is 25.9 Å². The molecule has 0 fully saturated rings. The molecule has 8 heavy (non-hydrogen) atoms. The second-order valence-electron chi connectivity index (χ2n) is 0.971. The normalized spacial score (nSPS) is 11.9. The van der Waals surface area contributed by atoms with Crippen LogP contribution in [0.4, 0.5) is 0 Å². The summed E-state index contributed by atoms with van der Waals surface area (Å²) in [6.45, 7) is 1.75. The van der Waals surface area contributed by atoms with E-state index >= 15 is 0 Å². The first-order valence-corrected chi connectivity index (χ1v) is 2.67. The van der Waals surface area contributed by atoms with Gasteiger partial charge in [0.05, 0.1) is 4.62 Å². The zero-order chi connectivity index (χ0) is 6.41. The van der Waals surface area contributed by atoms with E-state index in [1.54, 1.807) is 13.1 Å². The molecule has 0 aliphatic heterocycles. The van der Waals surface area contributed by atoms with Crippen molar-refractivity contribution in [3.63, 3.8) is 0 Å². The van der Waals surface area contributed by atoms with E-state index in [0.29, 0.717) is 4.62 Å². The summed E-state index contributed by atoms with van der Waals surface area (Å²) in [6.07, 6.45) is 2.75. The lowest BCUT2D eigenvalue weighted by molar-refractivity contribution is 1.44. The molecule has 0 bridgehead atoms. The summed E-state index contributed by atoms with van der Waals surface area (Å²) in [6, 6.07) is 0. The van der Waals surface area contributed by atoms with Crippen molar-refractivity contribution in [1.82, 2.24) is 0 Å². The van der Waals surface area contributed by atoms with Crippen molar-refractivity contribution >= 4 is 26.9 Å². The molecule has 0 unspecified atom stereocenters. The molecule has 0 N–H and O–H groups in total. The van der Waals surface area contributed by atoms with Gasteiger partial charge >= 0.3 is 0 Å². The number of aliphatic imine (C=N–C) groups is 2. The molecule has 4 heteroatoms. The van der Waals surface area contributed by atoms with Gasteiger partial charge in [0, 0.05) is 0 Å². The molecule has 0 radical (unpaired) electrons. The highest BCUT2D eigenvalue weighted by molar-refractivity contribution is 9.18. The van der Waals surface area contributed by atoms with Gasteiger partial charge in [-0.05, 0) is 22.9 Å². The van der Waals surface area contributed by atoms with Gasteiger partial charge in [0.15, 0.2) is 0 Å². The number of rotatable bonds is 1. The average molecular weight is 174 g/mol. The first-order chi connectivity index (χ1) is 3.77. The molecule has 0 spiro atoms. The van der Waals surface area contributed by atoms with Crippen LogP contribution >= 0.6 is 15.9 Å². The molecule has 0 atom stereocenters. The number of nitriles is 1. The molecule has 0 heterocycles. The molecule has 0 aromatic rings. The smallest absolute Gasteiger partial charge is 0.207 e. The molecule has 3 nitrogen and oxygen atoms in total. The first-order valence-electron chi connectivity index (χ1n) is 1.88. The minimum absolute atomic E-state index is 0.705. The third-order valence-corrected chi connectivity index (χ3v) is 0.556. The van der Waals surface area contributed by atoms with E-state index in [9.17, 15) is 0 Å². The van der Waals surface area contributed by atoms with Crippen molar-refractivity contribution in [1.29, 1.82) is 5.26 Å². The van der Waals surface area contributed by atoms with Crippen LogP contribution in [0.2, 0.25) is 0 Å². The van der Waals surface area contributed by atoms with Crippen LogP contribution in [-0.2, 0) is 0 Å². The monoisotopic (exact) mass is 173 g/mol. The van der Waals surface area contributed by atoms with Gasteiger partial charge in [0.2, 0.25) is 6.19 Å². The lowest BCUT2D eigenvalue weighted by Crippen LogP contribution is -1.72. The maximum Gasteiger partial charge on any atom is 0.207 e. The Hall–Kier alpha value is -0.690. The summed E-state index contributed by atoms with van der Waals surface area (Å²) < 4.78 is 0.705. The summed E-state index contributed by atoms with van der Waals surface area (Å²) >= 11 is 3.05. The number of hydrogen-bond donors (Lipinski definition) is 0. The molecule has 42 valence electrons. The van der Waals surface area contributed by atoms with E-state index in [1.807, 2.05) is 0 Å². The molecule has 0 amide bonds. The molecular formula is C4H4BrN3. The van der Waals surface area contributed by atoms with E-state index in [-0.39, 0.29) is 0 Å². The summed E-state index contributed by atoms with van der Waals surface area (Å²) in [5, 5.41) is 7.85. The fourth-order valence-electron chi connectivity index (χ4n) is 0.134. The molecule has 0 saturated heterocycles. The van der Waals surface area contributed by atoms with Crippen LogP contribution in [-0.4, -0.2) is 11.0 Å². The summed E-state index contributed by atoms with van der Waals surface area (Å²) in [5.41, 5.74) is 0. The average Bonchev–Trinajstić information content (AvgIpc) is 1.66. The maximum atomic E-state index is 7.85. The topological polar surface area (TPSA) is 48.5 Å². The molecule has 0 aromatic heterocycles. The van der Waals surface area contributed by atoms with E-state index in [1.165, 1.54) is 6.34 Å². The third-order valence-electron chi connectivity index (χ3n) is 0.351. The van der Waals surface area contributed by atoms with Crippen molar-refractivity contribution in [2.45, 2.75) is 6.92 Å². The Bertz CT molecular complexity index is 149. The minimum Gasteiger partial charge on any atom is -0.233 e. The van der Waals surface area contributed by atoms with Gasteiger partial charge in [0.25, 0.3) is 0 Å². The van der Waals surface area contributed by atoms with Crippen LogP contribution in [0, 0.1) is 11.5 Å². The van der Waals surface area contributed by atoms with E-state index in [4.69, 9.17) is 5.26 Å². The van der Waals surface area contributed by atoms with Gasteiger partial charge in [-0.15, -0.1) is 0 Å². The summed E-state index contributed by atoms with van der Waals surface area (Å²) in [4.78, 5) is 6.81. The van der Waals surface area contributed by atoms with Crippen molar-refractivity contribution in [2.75, 3.05) is 0 Å². The molecular weight excluding hydrogens is 170 g/mol. The Labute approximate surface area is 55.9 Å². The summed E-state index contributed by atoms with van der Waals surface area (Å²) in [7, 11) is 0. The Morgan fingerprint density at radius 3 is 2.88 bits per heavy atom. The van der Waals surface area contributed by atoms with Gasteiger partial charge in [0.1, 0.15) is 6.34 Å². The highest BCUT2D eigenvalue weighted by Gasteiger charge is 1.71. The highest BCUT2D eigenvalue weighted by Crippen LogP contribution is 1.83. The SMILES string of the molecule is C/C(Br)=N\C=N/C#N. The van der Waals surface area contributed by atoms with Crippen LogP contribution in [0.15, 0.2) is 9.98 Å². The van der Waals surface area contributed by atoms with Crippen molar-refractivity contribution < 1.29 is 0 Å². The van der Waals surface area contributed by atoms with Crippen LogP contribution in [0.25, 0.3) is 0 Å². The fraction of sp³-hybridized carbons (Fsp3) is 0.250. The van der Waals surface area contributed by atoms with Gasteiger partial charge in [-0.25, -0.2) is 4.99 Å². The second kappa shape index (κ2) is 4.47. The Balaban J connectivity index is 3.63. The standard InChI is InChI=1S/C4H4BrN3/c1-4(5)8-3-7-2-6/h3H,1H3/b7-3-,8-4+. The second-order valence-corrected chi connectivity index (χ2v) is 2.12. The molecule has 0 aliphatic carbocycles. The maximum absolute atomic E-state index is 7.85. The predicted molar refractivity (Wildman–Crippen MR) is 36.1 cm³/mol. The number of nitrogens with zero attached hydrogens (tertiary/aromatic N) is 3. The zero-order valence-electron chi connectivity index (χ0n) is 4.30. The zero-order valence-corrected chi connectivity index (χ0v) is 5.88. The number of halogens is 1. The van der Waals surface area contributed by atoms with Crippen LogP contribution in [0.5, 0.6) is 0 Å². The molecule has 0 aromatic carbocycles. The van der Waals surface area contributed by atoms with Crippen LogP contribution in [0.3, 0.4) is 0 Å². The quantitative estimate of drug-likeness (QED) is 0.335. The number of hydrogen-bond acceptors (Lipinski definition) is 2. The lowest BCUT2D eigenvalue weighted by atomic mass is 10.9. The third kappa shape index (κ3) is 5.31. The molecule has 0 rings (SSSR count). The minimum atomic E-state index is 0.705. The van der Waals surface area contributed by atoms with Crippen LogP contribution in [0.1, 0.15) is 6.92 Å². The van der Waals surface area contributed by atoms with E-state index in [0.717, 1.165) is 0 Å². The fourth-order valence-corrected chi connectivity index (χ4v) is 0.226. The Morgan fingerprint density at radius 2 is 2.50 bits per heavy atom. The highest BCUT2D eigenvalue weighted by atomic mass is 79.9. The van der Waals surface area contributed by atoms with Gasteiger partial charge in [-0.2, -0.15) is 10.3 Å². The Morgan fingerprint density at radius 1 is 1.88 bits per heavy atom. The Kier molecular flexibility index (Phi) is 4.08. The van der Waals surface area contributed by atoms with Crippen molar-refractivity contribution in [2.24, 2.45) is 9.98 Å². The van der Waals surface area contributed by atoms with Crippen molar-refractivity contribution in [3.8, 4) is 6.19 Å². The van der Waals surface area contributed by atoms with Gasteiger partial charge in [-0.3, -0.25) is 0 Å². The van der Waals surface area contributed by atoms with Gasteiger partial charge in [-0.1, -0.05) is 0 Å². The van der Waals surface area contributed by atoms with Gasteiger partial charge < -0.3 is 0 Å².